The van der Waals surface area contributed by atoms with Crippen molar-refractivity contribution in [2.45, 2.75) is 30.5 Å². The van der Waals surface area contributed by atoms with Crippen LogP contribution in [0.4, 0.5) is 5.69 Å². The van der Waals surface area contributed by atoms with Gasteiger partial charge in [-0.2, -0.15) is 0 Å². The minimum atomic E-state index is -3.81. The molecule has 1 amide bonds. The van der Waals surface area contributed by atoms with Gasteiger partial charge in [-0.25, -0.2) is 13.6 Å². The number of aromatic nitrogens is 3. The van der Waals surface area contributed by atoms with Crippen LogP contribution in [0.3, 0.4) is 0 Å². The third-order valence-corrected chi connectivity index (χ3v) is 7.15. The quantitative estimate of drug-likeness (QED) is 0.267. The second-order valence-electron chi connectivity index (χ2n) is 8.17. The van der Waals surface area contributed by atoms with E-state index < -0.39 is 10.0 Å². The number of carbonyl (C=O) groups is 1. The van der Waals surface area contributed by atoms with Crippen molar-refractivity contribution in [3.05, 3.63) is 84.2 Å². The number of rotatable bonds is 11. The number of ether oxygens (including phenoxy) is 2. The Morgan fingerprint density at radius 3 is 2.21 bits per heavy atom. The highest BCUT2D eigenvalue weighted by molar-refractivity contribution is 7.99. The van der Waals surface area contributed by atoms with Crippen LogP contribution in [0.1, 0.15) is 18.3 Å². The molecule has 1 heterocycles. The number of amides is 1. The van der Waals surface area contributed by atoms with Gasteiger partial charge in [0.1, 0.15) is 18.1 Å². The summed E-state index contributed by atoms with van der Waals surface area (Å²) in [7, 11) is -3.81. The van der Waals surface area contributed by atoms with Gasteiger partial charge in [0, 0.05) is 11.4 Å². The molecule has 198 valence electrons. The number of hydrogen-bond acceptors (Lipinski definition) is 8. The number of nitrogens with zero attached hydrogens (tertiary/aromatic N) is 3. The number of benzene rings is 3. The summed E-state index contributed by atoms with van der Waals surface area (Å²) < 4.78 is 36.2. The first-order valence-corrected chi connectivity index (χ1v) is 14.2. The molecule has 12 heteroatoms. The first kappa shape index (κ1) is 27.2. The molecule has 0 radical (unpaired) electrons. The van der Waals surface area contributed by atoms with Crippen LogP contribution in [-0.2, 0) is 21.4 Å². The van der Waals surface area contributed by atoms with Crippen molar-refractivity contribution in [1.29, 1.82) is 0 Å². The van der Waals surface area contributed by atoms with Crippen molar-refractivity contribution in [1.82, 2.24) is 14.8 Å². The average Bonchev–Trinajstić information content (AvgIpc) is 3.30. The van der Waals surface area contributed by atoms with Gasteiger partial charge in [-0.15, -0.1) is 10.2 Å². The summed E-state index contributed by atoms with van der Waals surface area (Å²) in [5, 5.41) is 17.0. The summed E-state index contributed by atoms with van der Waals surface area (Å²) in [6, 6.07) is 20.8. The number of anilines is 1. The topological polar surface area (TPSA) is 138 Å². The normalized spacial score (nSPS) is 11.2. The standard InChI is InChI=1S/C26H27N5O5S2/c1-3-35-21-12-8-20(9-13-21)31-24(16-36-22-10-4-18(2)5-11-22)29-30-26(31)37-17-25(32)28-19-6-14-23(15-7-19)38(27,33)34/h4-15H,3,16-17H2,1-2H3,(H,28,32)(H2,27,33,34). The summed E-state index contributed by atoms with van der Waals surface area (Å²) in [6.45, 7) is 4.66. The van der Waals surface area contributed by atoms with E-state index >= 15 is 0 Å². The fourth-order valence-electron chi connectivity index (χ4n) is 3.44. The van der Waals surface area contributed by atoms with E-state index in [2.05, 4.69) is 15.5 Å². The SMILES string of the molecule is CCOc1ccc(-n2c(COc3ccc(C)cc3)nnc2SCC(=O)Nc2ccc(S(N)(=O)=O)cc2)cc1. The van der Waals surface area contributed by atoms with Crippen LogP contribution in [0.15, 0.2) is 82.8 Å². The monoisotopic (exact) mass is 553 g/mol. The highest BCUT2D eigenvalue weighted by Gasteiger charge is 2.17. The van der Waals surface area contributed by atoms with Gasteiger partial charge in [-0.05, 0) is 74.5 Å². The fraction of sp³-hybridized carbons (Fsp3) is 0.192. The van der Waals surface area contributed by atoms with Gasteiger partial charge in [-0.1, -0.05) is 29.5 Å². The van der Waals surface area contributed by atoms with Gasteiger partial charge in [-0.3, -0.25) is 9.36 Å². The van der Waals surface area contributed by atoms with Crippen LogP contribution in [-0.4, -0.2) is 41.4 Å². The summed E-state index contributed by atoms with van der Waals surface area (Å²) in [4.78, 5) is 12.6. The smallest absolute Gasteiger partial charge is 0.238 e. The van der Waals surface area contributed by atoms with E-state index in [0.29, 0.717) is 29.0 Å². The first-order valence-electron chi connectivity index (χ1n) is 11.7. The molecule has 0 saturated carbocycles. The van der Waals surface area contributed by atoms with Gasteiger partial charge in [0.15, 0.2) is 11.0 Å². The van der Waals surface area contributed by atoms with Gasteiger partial charge in [0.05, 0.1) is 17.3 Å². The van der Waals surface area contributed by atoms with Crippen LogP contribution in [0.25, 0.3) is 5.69 Å². The Kier molecular flexibility index (Phi) is 8.66. The van der Waals surface area contributed by atoms with Crippen molar-refractivity contribution in [3.8, 4) is 17.2 Å². The largest absolute Gasteiger partial charge is 0.494 e. The number of nitrogens with one attached hydrogen (secondary N) is 1. The molecule has 0 aliphatic carbocycles. The number of carbonyl (C=O) groups excluding carboxylic acids is 1. The number of aryl methyl sites for hydroxylation is 1. The predicted octanol–water partition coefficient (Wildman–Crippen LogP) is 3.93. The maximum absolute atomic E-state index is 12.6. The fourth-order valence-corrected chi connectivity index (χ4v) is 4.73. The lowest BCUT2D eigenvalue weighted by Gasteiger charge is -2.12. The number of hydrogen-bond donors (Lipinski definition) is 2. The number of thioether (sulfide) groups is 1. The van der Waals surface area contributed by atoms with Crippen LogP contribution in [0, 0.1) is 6.92 Å². The zero-order valence-electron chi connectivity index (χ0n) is 20.8. The van der Waals surface area contributed by atoms with E-state index in [1.807, 2.05) is 66.9 Å². The number of sulfonamides is 1. The zero-order chi connectivity index (χ0) is 27.1. The molecule has 4 aromatic rings. The van der Waals surface area contributed by atoms with Crippen molar-refractivity contribution in [2.24, 2.45) is 5.14 Å². The molecular weight excluding hydrogens is 526 g/mol. The van der Waals surface area contributed by atoms with Gasteiger partial charge >= 0.3 is 0 Å². The Morgan fingerprint density at radius 1 is 0.947 bits per heavy atom. The van der Waals surface area contributed by atoms with Crippen molar-refractivity contribution < 1.29 is 22.7 Å². The molecule has 38 heavy (non-hydrogen) atoms. The predicted molar refractivity (Wildman–Crippen MR) is 145 cm³/mol. The molecule has 3 N–H and O–H groups in total. The Bertz CT molecular complexity index is 1490. The summed E-state index contributed by atoms with van der Waals surface area (Å²) >= 11 is 1.21. The van der Waals surface area contributed by atoms with Crippen molar-refractivity contribution in [3.63, 3.8) is 0 Å². The Morgan fingerprint density at radius 2 is 1.58 bits per heavy atom. The molecule has 0 aliphatic heterocycles. The summed E-state index contributed by atoms with van der Waals surface area (Å²) in [6.07, 6.45) is 0. The average molecular weight is 554 g/mol. The third kappa shape index (κ3) is 7.12. The van der Waals surface area contributed by atoms with Gasteiger partial charge in [0.2, 0.25) is 15.9 Å². The Labute approximate surface area is 225 Å². The molecule has 0 atom stereocenters. The van der Waals surface area contributed by atoms with Crippen LogP contribution in [0.2, 0.25) is 0 Å². The van der Waals surface area contributed by atoms with Crippen molar-refractivity contribution in [2.75, 3.05) is 17.7 Å². The van der Waals surface area contributed by atoms with E-state index in [9.17, 15) is 13.2 Å². The summed E-state index contributed by atoms with van der Waals surface area (Å²) in [5.74, 6) is 1.77. The summed E-state index contributed by atoms with van der Waals surface area (Å²) in [5.41, 5.74) is 2.37. The molecular formula is C26H27N5O5S2. The molecule has 0 saturated heterocycles. The van der Waals surface area contributed by atoms with E-state index in [-0.39, 0.29) is 23.2 Å². The van der Waals surface area contributed by atoms with E-state index in [1.165, 1.54) is 36.0 Å². The minimum Gasteiger partial charge on any atom is -0.494 e. The lowest BCUT2D eigenvalue weighted by molar-refractivity contribution is -0.113. The molecule has 0 fully saturated rings. The lowest BCUT2D eigenvalue weighted by atomic mass is 10.2. The zero-order valence-corrected chi connectivity index (χ0v) is 22.5. The molecule has 0 bridgehead atoms. The Hall–Kier alpha value is -3.87. The molecule has 0 spiro atoms. The molecule has 4 rings (SSSR count). The van der Waals surface area contributed by atoms with Crippen LogP contribution in [0.5, 0.6) is 11.5 Å². The van der Waals surface area contributed by atoms with E-state index in [1.54, 1.807) is 0 Å². The number of primary sulfonamides is 1. The molecule has 0 aliphatic rings. The van der Waals surface area contributed by atoms with E-state index in [4.69, 9.17) is 14.6 Å². The first-order chi connectivity index (χ1) is 18.2. The Balaban J connectivity index is 1.49. The van der Waals surface area contributed by atoms with Gasteiger partial charge in [0.25, 0.3) is 0 Å². The van der Waals surface area contributed by atoms with Gasteiger partial charge < -0.3 is 14.8 Å². The van der Waals surface area contributed by atoms with Crippen molar-refractivity contribution >= 4 is 33.4 Å². The highest BCUT2D eigenvalue weighted by Crippen LogP contribution is 2.25. The highest BCUT2D eigenvalue weighted by atomic mass is 32.2. The molecule has 1 aromatic heterocycles. The maximum Gasteiger partial charge on any atom is 0.238 e. The second-order valence-corrected chi connectivity index (χ2v) is 10.7. The minimum absolute atomic E-state index is 0.0336. The molecule has 10 nitrogen and oxygen atoms in total. The second kappa shape index (κ2) is 12.1. The van der Waals surface area contributed by atoms with Crippen LogP contribution < -0.4 is 19.9 Å². The lowest BCUT2D eigenvalue weighted by Crippen LogP contribution is -2.15. The van der Waals surface area contributed by atoms with Crippen LogP contribution >= 0.6 is 11.8 Å². The maximum atomic E-state index is 12.6. The van der Waals surface area contributed by atoms with E-state index in [0.717, 1.165) is 17.0 Å². The number of nitrogens with two attached hydrogens (primary N) is 1. The third-order valence-electron chi connectivity index (χ3n) is 5.29. The molecule has 3 aromatic carbocycles. The molecule has 0 unspecified atom stereocenters.